The molecule has 0 radical (unpaired) electrons. The Bertz CT molecular complexity index is 750. The van der Waals surface area contributed by atoms with Crippen LogP contribution in [0.15, 0.2) is 65.3 Å². The van der Waals surface area contributed by atoms with Gasteiger partial charge in [-0.1, -0.05) is 46.3 Å². The van der Waals surface area contributed by atoms with Gasteiger partial charge in [0, 0.05) is 28.6 Å². The van der Waals surface area contributed by atoms with E-state index >= 15 is 0 Å². The molecule has 1 N–H and O–H groups in total. The van der Waals surface area contributed by atoms with Gasteiger partial charge in [0.05, 0.1) is 5.52 Å². The van der Waals surface area contributed by atoms with Crippen molar-refractivity contribution in [3.05, 3.63) is 76.4 Å². The van der Waals surface area contributed by atoms with Gasteiger partial charge in [0.1, 0.15) is 0 Å². The molecule has 0 saturated carbocycles. The van der Waals surface area contributed by atoms with Gasteiger partial charge in [-0.25, -0.2) is 0 Å². The van der Waals surface area contributed by atoms with Gasteiger partial charge in [-0.05, 0) is 42.3 Å². The first-order valence-electron chi connectivity index (χ1n) is 7.05. The van der Waals surface area contributed by atoms with Crippen LogP contribution in [0.3, 0.4) is 0 Å². The number of aromatic nitrogens is 1. The first-order chi connectivity index (χ1) is 10.2. The molecule has 2 nitrogen and oxygen atoms in total. The average molecular weight is 341 g/mol. The summed E-state index contributed by atoms with van der Waals surface area (Å²) in [6.07, 6.45) is 1.88. The summed E-state index contributed by atoms with van der Waals surface area (Å²) in [6, 6.07) is 19.1. The number of pyridine rings is 1. The molecule has 0 saturated heterocycles. The van der Waals surface area contributed by atoms with E-state index in [0.717, 1.165) is 16.5 Å². The van der Waals surface area contributed by atoms with Crippen LogP contribution in [-0.2, 0) is 6.54 Å². The van der Waals surface area contributed by atoms with Crippen molar-refractivity contribution in [3.63, 3.8) is 0 Å². The molecule has 0 fully saturated rings. The first kappa shape index (κ1) is 14.2. The van der Waals surface area contributed by atoms with Crippen molar-refractivity contribution in [2.75, 3.05) is 0 Å². The highest BCUT2D eigenvalue weighted by molar-refractivity contribution is 9.10. The Morgan fingerprint density at radius 2 is 1.95 bits per heavy atom. The second-order valence-electron chi connectivity index (χ2n) is 5.14. The molecule has 21 heavy (non-hydrogen) atoms. The van der Waals surface area contributed by atoms with Gasteiger partial charge in [-0.3, -0.25) is 4.98 Å². The monoisotopic (exact) mass is 340 g/mol. The third-order valence-electron chi connectivity index (χ3n) is 3.69. The van der Waals surface area contributed by atoms with Crippen molar-refractivity contribution in [1.29, 1.82) is 0 Å². The van der Waals surface area contributed by atoms with E-state index in [2.05, 4.69) is 75.6 Å². The zero-order chi connectivity index (χ0) is 14.7. The topological polar surface area (TPSA) is 24.9 Å². The third kappa shape index (κ3) is 3.31. The predicted octanol–water partition coefficient (Wildman–Crippen LogP) is 4.85. The molecule has 2 aromatic carbocycles. The minimum Gasteiger partial charge on any atom is -0.306 e. The third-order valence-corrected chi connectivity index (χ3v) is 4.18. The van der Waals surface area contributed by atoms with Crippen LogP contribution in [0.5, 0.6) is 0 Å². The zero-order valence-electron chi connectivity index (χ0n) is 11.9. The normalized spacial score (nSPS) is 12.5. The maximum atomic E-state index is 4.40. The highest BCUT2D eigenvalue weighted by Gasteiger charge is 2.07. The number of hydrogen-bond acceptors (Lipinski definition) is 2. The fraction of sp³-hybridized carbons (Fsp3) is 0.167. The lowest BCUT2D eigenvalue weighted by Crippen LogP contribution is -2.18. The summed E-state index contributed by atoms with van der Waals surface area (Å²) in [5, 5.41) is 4.80. The number of nitrogens with zero attached hydrogens (tertiary/aromatic N) is 1. The van der Waals surface area contributed by atoms with E-state index in [-0.39, 0.29) is 0 Å². The van der Waals surface area contributed by atoms with Crippen molar-refractivity contribution < 1.29 is 0 Å². The summed E-state index contributed by atoms with van der Waals surface area (Å²) in [5.41, 5.74) is 3.61. The second kappa shape index (κ2) is 6.37. The van der Waals surface area contributed by atoms with Crippen LogP contribution in [0, 0.1) is 0 Å². The molecular weight excluding hydrogens is 324 g/mol. The molecule has 0 amide bonds. The summed E-state index contributed by atoms with van der Waals surface area (Å²) in [7, 11) is 0. The molecule has 1 atom stereocenters. The minimum absolute atomic E-state index is 0.300. The molecule has 3 rings (SSSR count). The molecule has 3 aromatic rings. The lowest BCUT2D eigenvalue weighted by atomic mass is 10.1. The maximum absolute atomic E-state index is 4.40. The van der Waals surface area contributed by atoms with Crippen LogP contribution >= 0.6 is 15.9 Å². The van der Waals surface area contributed by atoms with Crippen LogP contribution in [0.25, 0.3) is 10.9 Å². The second-order valence-corrected chi connectivity index (χ2v) is 6.06. The Hall–Kier alpha value is -1.71. The quantitative estimate of drug-likeness (QED) is 0.734. The molecule has 106 valence electrons. The molecular formula is C18H17BrN2. The number of para-hydroxylation sites is 1. The first-order valence-corrected chi connectivity index (χ1v) is 7.85. The van der Waals surface area contributed by atoms with Gasteiger partial charge in [-0.15, -0.1) is 0 Å². The fourth-order valence-corrected chi connectivity index (χ4v) is 2.88. The number of nitrogens with one attached hydrogen (secondary N) is 1. The van der Waals surface area contributed by atoms with Gasteiger partial charge < -0.3 is 5.32 Å². The Morgan fingerprint density at radius 1 is 1.10 bits per heavy atom. The van der Waals surface area contributed by atoms with Crippen LogP contribution in [-0.4, -0.2) is 4.98 Å². The Balaban J connectivity index is 1.77. The number of rotatable bonds is 4. The van der Waals surface area contributed by atoms with E-state index in [4.69, 9.17) is 0 Å². The van der Waals surface area contributed by atoms with E-state index in [1.54, 1.807) is 0 Å². The molecule has 3 heteroatoms. The molecule has 0 aliphatic rings. The summed E-state index contributed by atoms with van der Waals surface area (Å²) in [5.74, 6) is 0. The van der Waals surface area contributed by atoms with Gasteiger partial charge in [0.25, 0.3) is 0 Å². The Morgan fingerprint density at radius 3 is 2.81 bits per heavy atom. The molecule has 0 aliphatic heterocycles. The lowest BCUT2D eigenvalue weighted by molar-refractivity contribution is 0.576. The SMILES string of the molecule is C[C@@H](NCc1ccnc2ccccc12)c1cccc(Br)c1. The lowest BCUT2D eigenvalue weighted by Gasteiger charge is -2.15. The molecule has 0 bridgehead atoms. The fourth-order valence-electron chi connectivity index (χ4n) is 2.47. The molecule has 1 heterocycles. The van der Waals surface area contributed by atoms with Crippen LogP contribution in [0.2, 0.25) is 0 Å². The van der Waals surface area contributed by atoms with Crippen molar-refractivity contribution in [3.8, 4) is 0 Å². The molecule has 0 spiro atoms. The largest absolute Gasteiger partial charge is 0.306 e. The smallest absolute Gasteiger partial charge is 0.0705 e. The van der Waals surface area contributed by atoms with E-state index in [9.17, 15) is 0 Å². The highest BCUT2D eigenvalue weighted by Crippen LogP contribution is 2.20. The zero-order valence-corrected chi connectivity index (χ0v) is 13.5. The van der Waals surface area contributed by atoms with Gasteiger partial charge in [0.15, 0.2) is 0 Å². The van der Waals surface area contributed by atoms with Crippen molar-refractivity contribution in [1.82, 2.24) is 10.3 Å². The minimum atomic E-state index is 0.300. The van der Waals surface area contributed by atoms with Gasteiger partial charge >= 0.3 is 0 Å². The summed E-state index contributed by atoms with van der Waals surface area (Å²) in [6.45, 7) is 3.02. The summed E-state index contributed by atoms with van der Waals surface area (Å²) >= 11 is 3.52. The summed E-state index contributed by atoms with van der Waals surface area (Å²) < 4.78 is 1.11. The van der Waals surface area contributed by atoms with Crippen LogP contribution in [0.1, 0.15) is 24.1 Å². The number of fused-ring (bicyclic) bond motifs is 1. The van der Waals surface area contributed by atoms with Crippen LogP contribution < -0.4 is 5.32 Å². The van der Waals surface area contributed by atoms with Crippen molar-refractivity contribution in [2.24, 2.45) is 0 Å². The van der Waals surface area contributed by atoms with Crippen LogP contribution in [0.4, 0.5) is 0 Å². The average Bonchev–Trinajstić information content (AvgIpc) is 2.52. The van der Waals surface area contributed by atoms with Crippen molar-refractivity contribution in [2.45, 2.75) is 19.5 Å². The maximum Gasteiger partial charge on any atom is 0.0705 e. The molecule has 1 aromatic heterocycles. The number of benzene rings is 2. The summed E-state index contributed by atoms with van der Waals surface area (Å²) in [4.78, 5) is 4.40. The standard InChI is InChI=1S/C18H17BrN2/c1-13(14-5-4-6-16(19)11-14)21-12-15-9-10-20-18-8-3-2-7-17(15)18/h2-11,13,21H,12H2,1H3/t13-/m1/s1. The van der Waals surface area contributed by atoms with E-state index in [1.807, 2.05) is 18.3 Å². The molecule has 0 aliphatic carbocycles. The Kier molecular flexibility index (Phi) is 4.32. The number of halogens is 1. The highest BCUT2D eigenvalue weighted by atomic mass is 79.9. The van der Waals surface area contributed by atoms with Gasteiger partial charge in [0.2, 0.25) is 0 Å². The molecule has 0 unspecified atom stereocenters. The van der Waals surface area contributed by atoms with E-state index in [0.29, 0.717) is 6.04 Å². The Labute approximate surface area is 133 Å². The van der Waals surface area contributed by atoms with Crippen molar-refractivity contribution >= 4 is 26.8 Å². The predicted molar refractivity (Wildman–Crippen MR) is 91.1 cm³/mol. The van der Waals surface area contributed by atoms with Gasteiger partial charge in [-0.2, -0.15) is 0 Å². The number of hydrogen-bond donors (Lipinski definition) is 1. The van der Waals surface area contributed by atoms with E-state index in [1.165, 1.54) is 16.5 Å². The van der Waals surface area contributed by atoms with E-state index < -0.39 is 0 Å².